The van der Waals surface area contributed by atoms with Gasteiger partial charge in [0, 0.05) is 19.2 Å². The summed E-state index contributed by atoms with van der Waals surface area (Å²) in [6.07, 6.45) is 1.64. The van der Waals surface area contributed by atoms with Crippen molar-refractivity contribution >= 4 is 0 Å². The first-order chi connectivity index (χ1) is 8.40. The van der Waals surface area contributed by atoms with E-state index in [0.29, 0.717) is 12.3 Å². The van der Waals surface area contributed by atoms with Gasteiger partial charge >= 0.3 is 0 Å². The molecule has 1 saturated heterocycles. The van der Waals surface area contributed by atoms with Crippen molar-refractivity contribution in [3.8, 4) is 6.07 Å². The maximum Gasteiger partial charge on any atom is 0.0641 e. The Balaban J connectivity index is 1.91. The van der Waals surface area contributed by atoms with Crippen LogP contribution in [0.1, 0.15) is 24.4 Å². The van der Waals surface area contributed by atoms with Crippen molar-refractivity contribution in [2.75, 3.05) is 19.8 Å². The molecule has 1 heterocycles. The van der Waals surface area contributed by atoms with E-state index in [1.54, 1.807) is 0 Å². The van der Waals surface area contributed by atoms with Crippen molar-refractivity contribution < 1.29 is 4.74 Å². The van der Waals surface area contributed by atoms with Gasteiger partial charge in [-0.1, -0.05) is 30.3 Å². The molecule has 0 saturated carbocycles. The first-order valence-electron chi connectivity index (χ1n) is 6.13. The zero-order valence-corrected chi connectivity index (χ0v) is 9.93. The molecule has 0 aliphatic carbocycles. The predicted octanol–water partition coefficient (Wildman–Crippen LogP) is 2.27. The van der Waals surface area contributed by atoms with Gasteiger partial charge in [-0.05, 0) is 17.9 Å². The fraction of sp³-hybridized carbons (Fsp3) is 0.500. The van der Waals surface area contributed by atoms with E-state index in [1.165, 1.54) is 5.56 Å². The Hall–Kier alpha value is -1.37. The van der Waals surface area contributed by atoms with E-state index >= 15 is 0 Å². The summed E-state index contributed by atoms with van der Waals surface area (Å²) >= 11 is 0. The standard InChI is InChI=1S/C14H18N2O/c15-8-6-14(13-4-2-1-3-5-13)16-10-12-7-9-17-11-12/h1-5,12,14,16H,6-7,9-11H2. The highest BCUT2D eigenvalue weighted by Crippen LogP contribution is 2.18. The summed E-state index contributed by atoms with van der Waals surface area (Å²) in [6, 6.07) is 12.6. The van der Waals surface area contributed by atoms with E-state index in [0.717, 1.165) is 26.2 Å². The largest absolute Gasteiger partial charge is 0.381 e. The number of hydrogen-bond donors (Lipinski definition) is 1. The summed E-state index contributed by atoms with van der Waals surface area (Å²) in [5.74, 6) is 0.597. The molecule has 2 atom stereocenters. The Morgan fingerprint density at radius 3 is 2.88 bits per heavy atom. The molecule has 1 aliphatic heterocycles. The summed E-state index contributed by atoms with van der Waals surface area (Å²) < 4.78 is 5.35. The highest BCUT2D eigenvalue weighted by Gasteiger charge is 2.18. The van der Waals surface area contributed by atoms with Gasteiger partial charge in [0.25, 0.3) is 0 Å². The normalized spacial score (nSPS) is 21.0. The molecule has 3 heteroatoms. The van der Waals surface area contributed by atoms with Crippen LogP contribution in [0.4, 0.5) is 0 Å². The molecule has 1 N–H and O–H groups in total. The van der Waals surface area contributed by atoms with Crippen molar-refractivity contribution in [1.29, 1.82) is 5.26 Å². The highest BCUT2D eigenvalue weighted by molar-refractivity contribution is 5.19. The number of ether oxygens (including phenoxy) is 1. The molecule has 2 rings (SSSR count). The van der Waals surface area contributed by atoms with Gasteiger partial charge in [-0.25, -0.2) is 0 Å². The van der Waals surface area contributed by atoms with E-state index in [2.05, 4.69) is 23.5 Å². The van der Waals surface area contributed by atoms with Crippen LogP contribution in [0.25, 0.3) is 0 Å². The minimum absolute atomic E-state index is 0.141. The van der Waals surface area contributed by atoms with Gasteiger partial charge in [0.2, 0.25) is 0 Å². The molecule has 3 nitrogen and oxygen atoms in total. The molecule has 0 radical (unpaired) electrons. The maximum atomic E-state index is 8.88. The predicted molar refractivity (Wildman–Crippen MR) is 66.3 cm³/mol. The maximum absolute atomic E-state index is 8.88. The number of nitriles is 1. The van der Waals surface area contributed by atoms with Crippen LogP contribution in [-0.4, -0.2) is 19.8 Å². The molecular formula is C14H18N2O. The molecule has 17 heavy (non-hydrogen) atoms. The van der Waals surface area contributed by atoms with Crippen LogP contribution in [0.2, 0.25) is 0 Å². The monoisotopic (exact) mass is 230 g/mol. The number of hydrogen-bond acceptors (Lipinski definition) is 3. The molecule has 0 spiro atoms. The van der Waals surface area contributed by atoms with E-state index in [4.69, 9.17) is 10.00 Å². The molecule has 0 amide bonds. The average molecular weight is 230 g/mol. The third kappa shape index (κ3) is 3.55. The van der Waals surface area contributed by atoms with Gasteiger partial charge in [-0.2, -0.15) is 5.26 Å². The highest BCUT2D eigenvalue weighted by atomic mass is 16.5. The van der Waals surface area contributed by atoms with Gasteiger partial charge in [0.1, 0.15) is 0 Å². The van der Waals surface area contributed by atoms with E-state index in [1.807, 2.05) is 18.2 Å². The summed E-state index contributed by atoms with van der Waals surface area (Å²) in [7, 11) is 0. The average Bonchev–Trinajstić information content (AvgIpc) is 2.88. The van der Waals surface area contributed by atoms with E-state index in [9.17, 15) is 0 Å². The third-order valence-electron chi connectivity index (χ3n) is 3.17. The minimum Gasteiger partial charge on any atom is -0.381 e. The lowest BCUT2D eigenvalue weighted by Gasteiger charge is -2.18. The lowest BCUT2D eigenvalue weighted by Crippen LogP contribution is -2.27. The Bertz CT molecular complexity index is 366. The van der Waals surface area contributed by atoms with Crippen molar-refractivity contribution in [2.24, 2.45) is 5.92 Å². The van der Waals surface area contributed by atoms with Gasteiger partial charge in [0.05, 0.1) is 19.1 Å². The second-order valence-corrected chi connectivity index (χ2v) is 4.46. The molecule has 0 bridgehead atoms. The van der Waals surface area contributed by atoms with E-state index in [-0.39, 0.29) is 6.04 Å². The topological polar surface area (TPSA) is 45.0 Å². The number of nitrogens with zero attached hydrogens (tertiary/aromatic N) is 1. The van der Waals surface area contributed by atoms with Gasteiger partial charge in [-0.3, -0.25) is 0 Å². The molecule has 1 aromatic carbocycles. The van der Waals surface area contributed by atoms with Gasteiger partial charge in [-0.15, -0.1) is 0 Å². The molecule has 2 unspecified atom stereocenters. The number of nitrogens with one attached hydrogen (secondary N) is 1. The van der Waals surface area contributed by atoms with Gasteiger partial charge < -0.3 is 10.1 Å². The van der Waals surface area contributed by atoms with Crippen LogP contribution < -0.4 is 5.32 Å². The number of rotatable bonds is 5. The Morgan fingerprint density at radius 1 is 1.41 bits per heavy atom. The molecule has 1 fully saturated rings. The Labute approximate surface area is 102 Å². The molecular weight excluding hydrogens is 212 g/mol. The zero-order chi connectivity index (χ0) is 11.9. The van der Waals surface area contributed by atoms with Crippen LogP contribution in [-0.2, 0) is 4.74 Å². The Kier molecular flexibility index (Phi) is 4.54. The molecule has 0 aromatic heterocycles. The third-order valence-corrected chi connectivity index (χ3v) is 3.17. The molecule has 90 valence electrons. The SMILES string of the molecule is N#CCC(NCC1CCOC1)c1ccccc1. The smallest absolute Gasteiger partial charge is 0.0641 e. The summed E-state index contributed by atoms with van der Waals surface area (Å²) in [4.78, 5) is 0. The van der Waals surface area contributed by atoms with Crippen LogP contribution in [0, 0.1) is 17.2 Å². The van der Waals surface area contributed by atoms with Crippen LogP contribution in [0.15, 0.2) is 30.3 Å². The van der Waals surface area contributed by atoms with Crippen LogP contribution >= 0.6 is 0 Å². The van der Waals surface area contributed by atoms with Crippen molar-refractivity contribution in [2.45, 2.75) is 18.9 Å². The molecule has 1 aromatic rings. The van der Waals surface area contributed by atoms with Crippen molar-refractivity contribution in [3.05, 3.63) is 35.9 Å². The Morgan fingerprint density at radius 2 is 2.24 bits per heavy atom. The summed E-state index contributed by atoms with van der Waals surface area (Å²) in [5, 5.41) is 12.4. The fourth-order valence-electron chi connectivity index (χ4n) is 2.14. The van der Waals surface area contributed by atoms with Crippen molar-refractivity contribution in [3.63, 3.8) is 0 Å². The quantitative estimate of drug-likeness (QED) is 0.844. The first-order valence-corrected chi connectivity index (χ1v) is 6.13. The van der Waals surface area contributed by atoms with E-state index < -0.39 is 0 Å². The number of benzene rings is 1. The fourth-order valence-corrected chi connectivity index (χ4v) is 2.14. The summed E-state index contributed by atoms with van der Waals surface area (Å²) in [5.41, 5.74) is 1.19. The first kappa shape index (κ1) is 12.1. The summed E-state index contributed by atoms with van der Waals surface area (Å²) in [6.45, 7) is 2.66. The van der Waals surface area contributed by atoms with Gasteiger partial charge in [0.15, 0.2) is 0 Å². The lowest BCUT2D eigenvalue weighted by atomic mass is 10.0. The second-order valence-electron chi connectivity index (χ2n) is 4.46. The molecule has 1 aliphatic rings. The van der Waals surface area contributed by atoms with Crippen molar-refractivity contribution in [1.82, 2.24) is 5.32 Å². The zero-order valence-electron chi connectivity index (χ0n) is 9.93. The lowest BCUT2D eigenvalue weighted by molar-refractivity contribution is 0.184. The minimum atomic E-state index is 0.141. The second kappa shape index (κ2) is 6.39. The van der Waals surface area contributed by atoms with Crippen LogP contribution in [0.3, 0.4) is 0 Å². The van der Waals surface area contributed by atoms with Crippen LogP contribution in [0.5, 0.6) is 0 Å².